The first-order valence-corrected chi connectivity index (χ1v) is 5.57. The number of halogens is 4. The Balaban J connectivity index is 2.46. The SMILES string of the molecule is O=C(CCC(F)(F)F)Nc1cccc(I)c1. The van der Waals surface area contributed by atoms with Crippen LogP contribution in [0.2, 0.25) is 0 Å². The zero-order chi connectivity index (χ0) is 12.2. The summed E-state index contributed by atoms with van der Waals surface area (Å²) in [4.78, 5) is 11.2. The van der Waals surface area contributed by atoms with Gasteiger partial charge in [-0.3, -0.25) is 4.79 Å². The van der Waals surface area contributed by atoms with E-state index in [1.807, 2.05) is 6.07 Å². The molecule has 0 aliphatic carbocycles. The van der Waals surface area contributed by atoms with E-state index in [4.69, 9.17) is 0 Å². The van der Waals surface area contributed by atoms with Crippen molar-refractivity contribution in [2.24, 2.45) is 0 Å². The molecule has 0 spiro atoms. The summed E-state index contributed by atoms with van der Waals surface area (Å²) in [5.41, 5.74) is 0.513. The van der Waals surface area contributed by atoms with Gasteiger partial charge in [0.1, 0.15) is 0 Å². The number of rotatable bonds is 3. The van der Waals surface area contributed by atoms with Gasteiger partial charge in [0.15, 0.2) is 0 Å². The topological polar surface area (TPSA) is 29.1 Å². The second-order valence-electron chi connectivity index (χ2n) is 3.17. The molecular weight excluding hydrogens is 334 g/mol. The van der Waals surface area contributed by atoms with Gasteiger partial charge in [0.05, 0.1) is 6.42 Å². The average molecular weight is 343 g/mol. The van der Waals surface area contributed by atoms with Gasteiger partial charge in [-0.15, -0.1) is 0 Å². The quantitative estimate of drug-likeness (QED) is 0.836. The summed E-state index contributed by atoms with van der Waals surface area (Å²) in [5, 5.41) is 2.41. The summed E-state index contributed by atoms with van der Waals surface area (Å²) in [6.07, 6.45) is -5.93. The minimum Gasteiger partial charge on any atom is -0.326 e. The highest BCUT2D eigenvalue weighted by Crippen LogP contribution is 2.21. The van der Waals surface area contributed by atoms with Crippen LogP contribution in [0.15, 0.2) is 24.3 Å². The minimum atomic E-state index is -4.29. The Morgan fingerprint density at radius 2 is 2.06 bits per heavy atom. The predicted molar refractivity (Wildman–Crippen MR) is 63.1 cm³/mol. The van der Waals surface area contributed by atoms with Crippen molar-refractivity contribution in [2.75, 3.05) is 5.32 Å². The molecular formula is C10H9F3INO. The van der Waals surface area contributed by atoms with Gasteiger partial charge in [0.25, 0.3) is 0 Å². The lowest BCUT2D eigenvalue weighted by Gasteiger charge is -2.07. The zero-order valence-electron chi connectivity index (χ0n) is 8.14. The van der Waals surface area contributed by atoms with Gasteiger partial charge in [-0.05, 0) is 40.8 Å². The molecule has 6 heteroatoms. The van der Waals surface area contributed by atoms with E-state index in [9.17, 15) is 18.0 Å². The first kappa shape index (κ1) is 13.3. The van der Waals surface area contributed by atoms with E-state index >= 15 is 0 Å². The summed E-state index contributed by atoms with van der Waals surface area (Å²) in [7, 11) is 0. The molecule has 0 radical (unpaired) electrons. The Morgan fingerprint density at radius 3 is 2.62 bits per heavy atom. The molecule has 0 unspecified atom stereocenters. The molecule has 1 N–H and O–H groups in total. The van der Waals surface area contributed by atoms with E-state index in [1.54, 1.807) is 18.2 Å². The van der Waals surface area contributed by atoms with Gasteiger partial charge in [0, 0.05) is 15.7 Å². The monoisotopic (exact) mass is 343 g/mol. The van der Waals surface area contributed by atoms with Gasteiger partial charge in [0.2, 0.25) is 5.91 Å². The van der Waals surface area contributed by atoms with E-state index in [2.05, 4.69) is 27.9 Å². The number of benzene rings is 1. The van der Waals surface area contributed by atoms with E-state index in [0.717, 1.165) is 3.57 Å². The Labute approximate surface area is 104 Å². The van der Waals surface area contributed by atoms with Crippen molar-refractivity contribution in [3.05, 3.63) is 27.8 Å². The van der Waals surface area contributed by atoms with E-state index in [0.29, 0.717) is 5.69 Å². The number of amides is 1. The number of hydrogen-bond donors (Lipinski definition) is 1. The zero-order valence-corrected chi connectivity index (χ0v) is 10.3. The molecule has 0 saturated carbocycles. The van der Waals surface area contributed by atoms with Gasteiger partial charge in [-0.25, -0.2) is 0 Å². The highest BCUT2D eigenvalue weighted by atomic mass is 127. The Hall–Kier alpha value is -0.790. The third-order valence-corrected chi connectivity index (χ3v) is 2.41. The molecule has 0 aromatic heterocycles. The first-order chi connectivity index (χ1) is 7.37. The largest absolute Gasteiger partial charge is 0.389 e. The molecule has 16 heavy (non-hydrogen) atoms. The van der Waals surface area contributed by atoms with Crippen LogP contribution >= 0.6 is 22.6 Å². The normalized spacial score (nSPS) is 11.2. The third kappa shape index (κ3) is 5.34. The Bertz CT molecular complexity index is 379. The molecule has 1 amide bonds. The summed E-state index contributed by atoms with van der Waals surface area (Å²) in [5.74, 6) is -0.626. The van der Waals surface area contributed by atoms with Crippen molar-refractivity contribution in [1.29, 1.82) is 0 Å². The second kappa shape index (κ2) is 5.51. The van der Waals surface area contributed by atoms with Crippen LogP contribution in [-0.4, -0.2) is 12.1 Å². The highest BCUT2D eigenvalue weighted by molar-refractivity contribution is 14.1. The maximum absolute atomic E-state index is 11.8. The van der Waals surface area contributed by atoms with Crippen molar-refractivity contribution < 1.29 is 18.0 Å². The summed E-state index contributed by atoms with van der Waals surface area (Å²) >= 11 is 2.06. The second-order valence-corrected chi connectivity index (χ2v) is 4.42. The van der Waals surface area contributed by atoms with Gasteiger partial charge in [-0.2, -0.15) is 13.2 Å². The number of anilines is 1. The van der Waals surface area contributed by atoms with Crippen LogP contribution in [0.3, 0.4) is 0 Å². The molecule has 1 aromatic rings. The van der Waals surface area contributed by atoms with Crippen molar-refractivity contribution in [3.63, 3.8) is 0 Å². The van der Waals surface area contributed by atoms with E-state index in [1.165, 1.54) is 0 Å². The van der Waals surface area contributed by atoms with Crippen LogP contribution in [0.4, 0.5) is 18.9 Å². The lowest BCUT2D eigenvalue weighted by atomic mass is 10.2. The lowest BCUT2D eigenvalue weighted by Crippen LogP contribution is -2.16. The molecule has 1 aromatic carbocycles. The number of hydrogen-bond acceptors (Lipinski definition) is 1. The molecule has 0 heterocycles. The molecule has 1 rings (SSSR count). The predicted octanol–water partition coefficient (Wildman–Crippen LogP) is 3.57. The molecule has 88 valence electrons. The first-order valence-electron chi connectivity index (χ1n) is 4.49. The fourth-order valence-electron chi connectivity index (χ4n) is 1.04. The molecule has 0 fully saturated rings. The van der Waals surface area contributed by atoms with Crippen LogP contribution in [0.25, 0.3) is 0 Å². The summed E-state index contributed by atoms with van der Waals surface area (Å²) < 4.78 is 36.4. The molecule has 0 aliphatic rings. The third-order valence-electron chi connectivity index (χ3n) is 1.74. The fraction of sp³-hybridized carbons (Fsp3) is 0.300. The molecule has 0 bridgehead atoms. The molecule has 0 saturated heterocycles. The van der Waals surface area contributed by atoms with Crippen LogP contribution in [-0.2, 0) is 4.79 Å². The molecule has 0 atom stereocenters. The minimum absolute atomic E-state index is 0.513. The lowest BCUT2D eigenvalue weighted by molar-refractivity contribution is -0.142. The fourth-order valence-corrected chi connectivity index (χ4v) is 1.59. The summed E-state index contributed by atoms with van der Waals surface area (Å²) in [6, 6.07) is 6.87. The number of carbonyl (C=O) groups excluding carboxylic acids is 1. The van der Waals surface area contributed by atoms with Crippen molar-refractivity contribution in [3.8, 4) is 0 Å². The van der Waals surface area contributed by atoms with Crippen molar-refractivity contribution >= 4 is 34.2 Å². The van der Waals surface area contributed by atoms with E-state index < -0.39 is 24.9 Å². The van der Waals surface area contributed by atoms with Crippen LogP contribution in [0.1, 0.15) is 12.8 Å². The van der Waals surface area contributed by atoms with Gasteiger partial charge in [-0.1, -0.05) is 6.07 Å². The summed E-state index contributed by atoms with van der Waals surface area (Å²) in [6.45, 7) is 0. The highest BCUT2D eigenvalue weighted by Gasteiger charge is 2.27. The number of nitrogens with one attached hydrogen (secondary N) is 1. The maximum atomic E-state index is 11.8. The van der Waals surface area contributed by atoms with Crippen LogP contribution in [0.5, 0.6) is 0 Å². The van der Waals surface area contributed by atoms with E-state index in [-0.39, 0.29) is 0 Å². The van der Waals surface area contributed by atoms with Gasteiger partial charge < -0.3 is 5.32 Å². The average Bonchev–Trinajstić information content (AvgIpc) is 2.14. The molecule has 2 nitrogen and oxygen atoms in total. The van der Waals surface area contributed by atoms with Crippen LogP contribution < -0.4 is 5.32 Å². The maximum Gasteiger partial charge on any atom is 0.389 e. The Morgan fingerprint density at radius 1 is 1.38 bits per heavy atom. The number of carbonyl (C=O) groups is 1. The standard InChI is InChI=1S/C10H9F3INO/c11-10(12,13)5-4-9(16)15-8-3-1-2-7(14)6-8/h1-3,6H,4-5H2,(H,15,16). The van der Waals surface area contributed by atoms with Crippen LogP contribution in [0, 0.1) is 3.57 Å². The Kier molecular flexibility index (Phi) is 4.57. The smallest absolute Gasteiger partial charge is 0.326 e. The van der Waals surface area contributed by atoms with Crippen molar-refractivity contribution in [2.45, 2.75) is 19.0 Å². The van der Waals surface area contributed by atoms with Crippen molar-refractivity contribution in [1.82, 2.24) is 0 Å². The molecule has 0 aliphatic heterocycles. The number of alkyl halides is 3. The van der Waals surface area contributed by atoms with Gasteiger partial charge >= 0.3 is 6.18 Å².